The largest absolute Gasteiger partial charge is 0.385 e. The highest BCUT2D eigenvalue weighted by Gasteiger charge is 2.00. The molecule has 1 unspecified atom stereocenters. The Morgan fingerprint density at radius 3 is 2.33 bits per heavy atom. The lowest BCUT2D eigenvalue weighted by Gasteiger charge is -2.09. The molecule has 1 nitrogen and oxygen atoms in total. The molecule has 0 aliphatic carbocycles. The summed E-state index contributed by atoms with van der Waals surface area (Å²) in [4.78, 5) is 0. The summed E-state index contributed by atoms with van der Waals surface area (Å²) in [6, 6.07) is 0. The SMILES string of the molecule is CCCCC(C)CCCCOC. The zero-order valence-corrected chi connectivity index (χ0v) is 8.94. The van der Waals surface area contributed by atoms with Crippen molar-refractivity contribution in [1.82, 2.24) is 0 Å². The van der Waals surface area contributed by atoms with Gasteiger partial charge >= 0.3 is 0 Å². The molecule has 0 aromatic rings. The zero-order chi connectivity index (χ0) is 9.23. The second kappa shape index (κ2) is 9.05. The Kier molecular flexibility index (Phi) is 9.02. The van der Waals surface area contributed by atoms with Gasteiger partial charge in [-0.1, -0.05) is 46.0 Å². The molecule has 0 spiro atoms. The highest BCUT2D eigenvalue weighted by Crippen LogP contribution is 2.14. The van der Waals surface area contributed by atoms with Gasteiger partial charge in [0.2, 0.25) is 0 Å². The maximum absolute atomic E-state index is 5.00. The first-order valence-electron chi connectivity index (χ1n) is 5.30. The smallest absolute Gasteiger partial charge is 0.0462 e. The summed E-state index contributed by atoms with van der Waals surface area (Å²) in [5.74, 6) is 0.918. The van der Waals surface area contributed by atoms with Gasteiger partial charge in [0.25, 0.3) is 0 Å². The predicted molar refractivity (Wildman–Crippen MR) is 54.4 cm³/mol. The van der Waals surface area contributed by atoms with Gasteiger partial charge in [0.15, 0.2) is 0 Å². The highest BCUT2D eigenvalue weighted by molar-refractivity contribution is 4.53. The van der Waals surface area contributed by atoms with E-state index in [0.29, 0.717) is 0 Å². The Morgan fingerprint density at radius 1 is 1.08 bits per heavy atom. The van der Waals surface area contributed by atoms with Crippen molar-refractivity contribution in [3.8, 4) is 0 Å². The third kappa shape index (κ3) is 8.06. The first-order chi connectivity index (χ1) is 5.81. The topological polar surface area (TPSA) is 9.23 Å². The van der Waals surface area contributed by atoms with Gasteiger partial charge in [0, 0.05) is 13.7 Å². The van der Waals surface area contributed by atoms with Crippen molar-refractivity contribution in [2.24, 2.45) is 5.92 Å². The minimum atomic E-state index is 0.918. The van der Waals surface area contributed by atoms with Gasteiger partial charge < -0.3 is 4.74 Å². The normalized spacial score (nSPS) is 13.2. The number of rotatable bonds is 8. The van der Waals surface area contributed by atoms with Crippen LogP contribution in [-0.2, 0) is 4.74 Å². The van der Waals surface area contributed by atoms with E-state index >= 15 is 0 Å². The van der Waals surface area contributed by atoms with Crippen LogP contribution in [0, 0.1) is 5.92 Å². The minimum Gasteiger partial charge on any atom is -0.385 e. The van der Waals surface area contributed by atoms with Gasteiger partial charge in [0.05, 0.1) is 0 Å². The molecule has 12 heavy (non-hydrogen) atoms. The maximum atomic E-state index is 5.00. The van der Waals surface area contributed by atoms with Crippen LogP contribution in [0.5, 0.6) is 0 Å². The minimum absolute atomic E-state index is 0.918. The predicted octanol–water partition coefficient (Wildman–Crippen LogP) is 3.63. The molecule has 0 heterocycles. The Labute approximate surface area is 77.5 Å². The van der Waals surface area contributed by atoms with Crippen molar-refractivity contribution in [2.75, 3.05) is 13.7 Å². The van der Waals surface area contributed by atoms with Crippen LogP contribution in [0.25, 0.3) is 0 Å². The number of methoxy groups -OCH3 is 1. The van der Waals surface area contributed by atoms with E-state index in [4.69, 9.17) is 4.74 Å². The molecule has 0 aromatic carbocycles. The molecule has 0 bridgehead atoms. The van der Waals surface area contributed by atoms with E-state index in [1.165, 1.54) is 38.5 Å². The van der Waals surface area contributed by atoms with E-state index in [1.807, 2.05) is 0 Å². The van der Waals surface area contributed by atoms with Crippen LogP contribution in [0.1, 0.15) is 52.4 Å². The molecule has 0 radical (unpaired) electrons. The summed E-state index contributed by atoms with van der Waals surface area (Å²) in [5, 5.41) is 0. The van der Waals surface area contributed by atoms with Gasteiger partial charge in [-0.25, -0.2) is 0 Å². The molecule has 0 aliphatic rings. The third-order valence-electron chi connectivity index (χ3n) is 2.35. The van der Waals surface area contributed by atoms with Crippen molar-refractivity contribution in [3.05, 3.63) is 0 Å². The van der Waals surface area contributed by atoms with Crippen LogP contribution in [0.2, 0.25) is 0 Å². The Hall–Kier alpha value is -0.0400. The molecule has 74 valence electrons. The fourth-order valence-electron chi connectivity index (χ4n) is 1.44. The molecule has 0 saturated carbocycles. The summed E-state index contributed by atoms with van der Waals surface area (Å²) >= 11 is 0. The summed E-state index contributed by atoms with van der Waals surface area (Å²) < 4.78 is 5.00. The number of hydrogen-bond donors (Lipinski definition) is 0. The average Bonchev–Trinajstić information content (AvgIpc) is 2.09. The number of ether oxygens (including phenoxy) is 1. The maximum Gasteiger partial charge on any atom is 0.0462 e. The lowest BCUT2D eigenvalue weighted by atomic mass is 9.98. The Morgan fingerprint density at radius 2 is 1.75 bits per heavy atom. The van der Waals surface area contributed by atoms with Crippen LogP contribution in [-0.4, -0.2) is 13.7 Å². The van der Waals surface area contributed by atoms with Crippen LogP contribution in [0.15, 0.2) is 0 Å². The molecular weight excluding hydrogens is 148 g/mol. The molecule has 0 aliphatic heterocycles. The van der Waals surface area contributed by atoms with E-state index in [9.17, 15) is 0 Å². The van der Waals surface area contributed by atoms with E-state index in [1.54, 1.807) is 7.11 Å². The van der Waals surface area contributed by atoms with Crippen molar-refractivity contribution in [2.45, 2.75) is 52.4 Å². The first kappa shape index (κ1) is 12.0. The van der Waals surface area contributed by atoms with Crippen LogP contribution in [0.3, 0.4) is 0 Å². The molecular formula is C11H24O. The van der Waals surface area contributed by atoms with Gasteiger partial charge in [0.1, 0.15) is 0 Å². The molecule has 1 atom stereocenters. The average molecular weight is 172 g/mol. The molecule has 0 rings (SSSR count). The molecule has 0 aromatic heterocycles. The van der Waals surface area contributed by atoms with Crippen molar-refractivity contribution in [3.63, 3.8) is 0 Å². The van der Waals surface area contributed by atoms with Gasteiger partial charge in [-0.3, -0.25) is 0 Å². The lowest BCUT2D eigenvalue weighted by molar-refractivity contribution is 0.190. The van der Waals surface area contributed by atoms with E-state index in [-0.39, 0.29) is 0 Å². The second-order valence-electron chi connectivity index (χ2n) is 3.74. The standard InChI is InChI=1S/C11H24O/c1-4-5-8-11(2)9-6-7-10-12-3/h11H,4-10H2,1-3H3. The van der Waals surface area contributed by atoms with Crippen molar-refractivity contribution in [1.29, 1.82) is 0 Å². The Balaban J connectivity index is 3.02. The second-order valence-corrected chi connectivity index (χ2v) is 3.74. The summed E-state index contributed by atoms with van der Waals surface area (Å²) in [6.45, 7) is 5.56. The van der Waals surface area contributed by atoms with Crippen molar-refractivity contribution < 1.29 is 4.74 Å². The van der Waals surface area contributed by atoms with Gasteiger partial charge in [-0.05, 0) is 12.3 Å². The molecule has 0 saturated heterocycles. The van der Waals surface area contributed by atoms with E-state index < -0.39 is 0 Å². The van der Waals surface area contributed by atoms with E-state index in [2.05, 4.69) is 13.8 Å². The quantitative estimate of drug-likeness (QED) is 0.508. The van der Waals surface area contributed by atoms with Crippen LogP contribution < -0.4 is 0 Å². The number of hydrogen-bond acceptors (Lipinski definition) is 1. The van der Waals surface area contributed by atoms with Crippen LogP contribution >= 0.6 is 0 Å². The monoisotopic (exact) mass is 172 g/mol. The summed E-state index contributed by atoms with van der Waals surface area (Å²) in [6.07, 6.45) is 8.08. The lowest BCUT2D eigenvalue weighted by Crippen LogP contribution is -1.96. The third-order valence-corrected chi connectivity index (χ3v) is 2.35. The van der Waals surface area contributed by atoms with E-state index in [0.717, 1.165) is 12.5 Å². The summed E-state index contributed by atoms with van der Waals surface area (Å²) in [5.41, 5.74) is 0. The van der Waals surface area contributed by atoms with Gasteiger partial charge in [-0.15, -0.1) is 0 Å². The van der Waals surface area contributed by atoms with Gasteiger partial charge in [-0.2, -0.15) is 0 Å². The highest BCUT2D eigenvalue weighted by atomic mass is 16.5. The molecule has 1 heteroatoms. The fourth-order valence-corrected chi connectivity index (χ4v) is 1.44. The van der Waals surface area contributed by atoms with Crippen molar-refractivity contribution >= 4 is 0 Å². The fraction of sp³-hybridized carbons (Fsp3) is 1.00. The van der Waals surface area contributed by atoms with Crippen LogP contribution in [0.4, 0.5) is 0 Å². The summed E-state index contributed by atoms with van der Waals surface area (Å²) in [7, 11) is 1.78. The Bertz CT molecular complexity index is 81.1. The first-order valence-corrected chi connectivity index (χ1v) is 5.30. The molecule has 0 fully saturated rings. The molecule has 0 amide bonds. The zero-order valence-electron chi connectivity index (χ0n) is 8.94. The molecule has 0 N–H and O–H groups in total. The number of unbranched alkanes of at least 4 members (excludes halogenated alkanes) is 2.